The largest absolute Gasteiger partial charge is 0.299 e. The van der Waals surface area contributed by atoms with Crippen LogP contribution in [0.2, 0.25) is 0 Å². The summed E-state index contributed by atoms with van der Waals surface area (Å²) < 4.78 is 1.05. The Morgan fingerprint density at radius 2 is 1.94 bits per heavy atom. The molecule has 0 aliphatic heterocycles. The van der Waals surface area contributed by atoms with E-state index >= 15 is 0 Å². The molecule has 0 atom stereocenters. The van der Waals surface area contributed by atoms with E-state index in [1.807, 2.05) is 24.3 Å². The van der Waals surface area contributed by atoms with Crippen molar-refractivity contribution in [3.63, 3.8) is 0 Å². The first-order valence-electron chi connectivity index (χ1n) is 6.45. The van der Waals surface area contributed by atoms with Crippen LogP contribution in [0.25, 0.3) is 0 Å². The van der Waals surface area contributed by atoms with Gasteiger partial charge in [-0.25, -0.2) is 0 Å². The smallest absolute Gasteiger partial charge is 0.143 e. The molecule has 92 valence electrons. The van der Waals surface area contributed by atoms with Crippen molar-refractivity contribution in [1.82, 2.24) is 0 Å². The number of rotatable bonds is 4. The summed E-state index contributed by atoms with van der Waals surface area (Å²) in [6.45, 7) is 2.16. The topological polar surface area (TPSA) is 17.1 Å². The summed E-state index contributed by atoms with van der Waals surface area (Å²) in [5.41, 5.74) is 1.10. The summed E-state index contributed by atoms with van der Waals surface area (Å²) >= 11 is 3.52. The SMILES string of the molecule is CCC1(C(=O)Cc2ccccc2Br)CCCC1. The number of carbonyl (C=O) groups is 1. The molecule has 17 heavy (non-hydrogen) atoms. The molecule has 1 aliphatic rings. The summed E-state index contributed by atoms with van der Waals surface area (Å²) in [5.74, 6) is 0.435. The van der Waals surface area contributed by atoms with E-state index in [4.69, 9.17) is 0 Å². The van der Waals surface area contributed by atoms with E-state index in [9.17, 15) is 4.79 Å². The van der Waals surface area contributed by atoms with E-state index in [1.165, 1.54) is 12.8 Å². The number of hydrogen-bond donors (Lipinski definition) is 0. The molecule has 0 radical (unpaired) electrons. The van der Waals surface area contributed by atoms with E-state index in [1.54, 1.807) is 0 Å². The molecule has 0 aromatic heterocycles. The molecule has 0 amide bonds. The van der Waals surface area contributed by atoms with Crippen LogP contribution in [-0.2, 0) is 11.2 Å². The highest BCUT2D eigenvalue weighted by molar-refractivity contribution is 9.10. The second-order valence-corrected chi connectivity index (χ2v) is 5.89. The van der Waals surface area contributed by atoms with Gasteiger partial charge in [0.25, 0.3) is 0 Å². The number of hydrogen-bond acceptors (Lipinski definition) is 1. The molecular formula is C15H19BrO. The number of carbonyl (C=O) groups excluding carboxylic acids is 1. The van der Waals surface area contributed by atoms with Gasteiger partial charge in [-0.1, -0.05) is 53.9 Å². The fraction of sp³-hybridized carbons (Fsp3) is 0.533. The fourth-order valence-electron chi connectivity index (χ4n) is 2.88. The van der Waals surface area contributed by atoms with Crippen LogP contribution in [-0.4, -0.2) is 5.78 Å². The van der Waals surface area contributed by atoms with Crippen LogP contribution < -0.4 is 0 Å². The lowest BCUT2D eigenvalue weighted by molar-refractivity contribution is -0.128. The molecule has 0 N–H and O–H groups in total. The van der Waals surface area contributed by atoms with Crippen molar-refractivity contribution >= 4 is 21.7 Å². The van der Waals surface area contributed by atoms with Gasteiger partial charge in [-0.3, -0.25) is 4.79 Å². The summed E-state index contributed by atoms with van der Waals surface area (Å²) in [6.07, 6.45) is 6.19. The van der Waals surface area contributed by atoms with Crippen LogP contribution in [0, 0.1) is 5.41 Å². The summed E-state index contributed by atoms with van der Waals surface area (Å²) in [6, 6.07) is 8.04. The van der Waals surface area contributed by atoms with Crippen LogP contribution >= 0.6 is 15.9 Å². The van der Waals surface area contributed by atoms with Gasteiger partial charge >= 0.3 is 0 Å². The van der Waals surface area contributed by atoms with Gasteiger partial charge < -0.3 is 0 Å². The normalized spacial score (nSPS) is 18.2. The molecule has 1 nitrogen and oxygen atoms in total. The molecule has 1 saturated carbocycles. The third-order valence-electron chi connectivity index (χ3n) is 4.14. The Balaban J connectivity index is 2.14. The van der Waals surface area contributed by atoms with Gasteiger partial charge in [-0.2, -0.15) is 0 Å². The third-order valence-corrected chi connectivity index (χ3v) is 4.91. The van der Waals surface area contributed by atoms with E-state index in [0.717, 1.165) is 29.3 Å². The molecule has 2 heteroatoms. The Hall–Kier alpha value is -0.630. The van der Waals surface area contributed by atoms with Crippen LogP contribution in [0.5, 0.6) is 0 Å². The lowest BCUT2D eigenvalue weighted by Gasteiger charge is -2.25. The Bertz CT molecular complexity index is 405. The Morgan fingerprint density at radius 1 is 1.29 bits per heavy atom. The second-order valence-electron chi connectivity index (χ2n) is 5.03. The molecule has 0 spiro atoms. The Morgan fingerprint density at radius 3 is 2.53 bits per heavy atom. The second kappa shape index (κ2) is 5.34. The van der Waals surface area contributed by atoms with Gasteiger partial charge in [0, 0.05) is 16.3 Å². The van der Waals surface area contributed by atoms with Crippen LogP contribution in [0.3, 0.4) is 0 Å². The first kappa shape index (κ1) is 12.8. The Labute approximate surface area is 112 Å². The van der Waals surface area contributed by atoms with Crippen molar-refractivity contribution in [2.24, 2.45) is 5.41 Å². The molecule has 0 unspecified atom stereocenters. The highest BCUT2D eigenvalue weighted by Crippen LogP contribution is 2.42. The predicted octanol–water partition coefficient (Wildman–Crippen LogP) is 4.53. The zero-order valence-electron chi connectivity index (χ0n) is 10.3. The van der Waals surface area contributed by atoms with Crippen LogP contribution in [0.15, 0.2) is 28.7 Å². The molecule has 1 fully saturated rings. The molecule has 0 saturated heterocycles. The molecule has 1 aromatic rings. The number of ketones is 1. The zero-order chi connectivity index (χ0) is 12.3. The molecule has 0 heterocycles. The van der Waals surface area contributed by atoms with E-state index in [0.29, 0.717) is 12.2 Å². The van der Waals surface area contributed by atoms with Crippen molar-refractivity contribution in [3.8, 4) is 0 Å². The van der Waals surface area contributed by atoms with Gasteiger partial charge in [0.1, 0.15) is 5.78 Å². The van der Waals surface area contributed by atoms with Gasteiger partial charge in [0.05, 0.1) is 0 Å². The van der Waals surface area contributed by atoms with Crippen molar-refractivity contribution < 1.29 is 4.79 Å². The van der Waals surface area contributed by atoms with Crippen molar-refractivity contribution in [2.45, 2.75) is 45.4 Å². The van der Waals surface area contributed by atoms with E-state index < -0.39 is 0 Å². The minimum absolute atomic E-state index is 0.0186. The predicted molar refractivity (Wildman–Crippen MR) is 74.0 cm³/mol. The number of halogens is 1. The number of Topliss-reactive ketones (excluding diaryl/α,β-unsaturated/α-hetero) is 1. The first-order chi connectivity index (χ1) is 8.18. The standard InChI is InChI=1S/C15H19BrO/c1-2-15(9-5-6-10-15)14(17)11-12-7-3-4-8-13(12)16/h3-4,7-8H,2,5-6,9-11H2,1H3. The maximum absolute atomic E-state index is 12.5. The highest BCUT2D eigenvalue weighted by atomic mass is 79.9. The van der Waals surface area contributed by atoms with Crippen molar-refractivity contribution in [2.75, 3.05) is 0 Å². The van der Waals surface area contributed by atoms with Gasteiger partial charge in [-0.15, -0.1) is 0 Å². The molecular weight excluding hydrogens is 276 g/mol. The summed E-state index contributed by atoms with van der Waals surface area (Å²) in [4.78, 5) is 12.5. The molecule has 1 aliphatic carbocycles. The highest BCUT2D eigenvalue weighted by Gasteiger charge is 2.38. The molecule has 1 aromatic carbocycles. The summed E-state index contributed by atoms with van der Waals surface area (Å²) in [5, 5.41) is 0. The van der Waals surface area contributed by atoms with Gasteiger partial charge in [0.2, 0.25) is 0 Å². The third kappa shape index (κ3) is 2.62. The maximum Gasteiger partial charge on any atom is 0.143 e. The summed E-state index contributed by atoms with van der Waals surface area (Å²) in [7, 11) is 0. The van der Waals surface area contributed by atoms with E-state index in [2.05, 4.69) is 22.9 Å². The average Bonchev–Trinajstić information content (AvgIpc) is 2.82. The fourth-order valence-corrected chi connectivity index (χ4v) is 3.31. The quantitative estimate of drug-likeness (QED) is 0.797. The molecule has 0 bridgehead atoms. The number of benzene rings is 1. The van der Waals surface area contributed by atoms with Crippen molar-refractivity contribution in [1.29, 1.82) is 0 Å². The lowest BCUT2D eigenvalue weighted by atomic mass is 9.77. The maximum atomic E-state index is 12.5. The average molecular weight is 295 g/mol. The van der Waals surface area contributed by atoms with Crippen LogP contribution in [0.1, 0.15) is 44.6 Å². The van der Waals surface area contributed by atoms with E-state index in [-0.39, 0.29) is 5.41 Å². The zero-order valence-corrected chi connectivity index (χ0v) is 11.9. The minimum Gasteiger partial charge on any atom is -0.299 e. The monoisotopic (exact) mass is 294 g/mol. The van der Waals surface area contributed by atoms with Crippen LogP contribution in [0.4, 0.5) is 0 Å². The Kier molecular flexibility index (Phi) is 4.03. The minimum atomic E-state index is -0.0186. The van der Waals surface area contributed by atoms with Gasteiger partial charge in [0.15, 0.2) is 0 Å². The van der Waals surface area contributed by atoms with Crippen molar-refractivity contribution in [3.05, 3.63) is 34.3 Å². The first-order valence-corrected chi connectivity index (χ1v) is 7.24. The van der Waals surface area contributed by atoms with Gasteiger partial charge in [-0.05, 0) is 30.9 Å². The lowest BCUT2D eigenvalue weighted by Crippen LogP contribution is -2.28. The molecule has 2 rings (SSSR count).